The molecule has 0 bridgehead atoms. The second-order valence-electron chi connectivity index (χ2n) is 5.85. The number of carbonyl (C=O) groups is 1. The van der Waals surface area contributed by atoms with E-state index in [1.165, 1.54) is 11.1 Å². The van der Waals surface area contributed by atoms with Crippen LogP contribution in [0.1, 0.15) is 24.0 Å². The first-order valence-corrected chi connectivity index (χ1v) is 7.48. The van der Waals surface area contributed by atoms with E-state index in [0.717, 1.165) is 45.3 Å². The third-order valence-corrected chi connectivity index (χ3v) is 4.49. The van der Waals surface area contributed by atoms with E-state index in [0.29, 0.717) is 5.92 Å². The van der Waals surface area contributed by atoms with Crippen LogP contribution in [0.2, 0.25) is 0 Å². The van der Waals surface area contributed by atoms with E-state index in [-0.39, 0.29) is 12.2 Å². The molecule has 1 fully saturated rings. The number of carbonyl (C=O) groups excluding carboxylic acids is 1. The molecule has 0 aromatic heterocycles. The Kier molecular flexibility index (Phi) is 3.92. The van der Waals surface area contributed by atoms with Crippen LogP contribution in [0.4, 0.5) is 4.79 Å². The van der Waals surface area contributed by atoms with Gasteiger partial charge in [-0.1, -0.05) is 24.3 Å². The van der Waals surface area contributed by atoms with Crippen LogP contribution in [0.25, 0.3) is 0 Å². The Labute approximate surface area is 119 Å². The number of hydrogen-bond acceptors (Lipinski definition) is 3. The second kappa shape index (κ2) is 5.83. The molecule has 1 amide bonds. The Morgan fingerprint density at radius 2 is 1.80 bits per heavy atom. The minimum atomic E-state index is -0.154. The summed E-state index contributed by atoms with van der Waals surface area (Å²) in [5.74, 6) is 0.565. The quantitative estimate of drug-likeness (QED) is 0.897. The van der Waals surface area contributed by atoms with E-state index in [4.69, 9.17) is 10.5 Å². The van der Waals surface area contributed by atoms with Crippen LogP contribution < -0.4 is 5.73 Å². The summed E-state index contributed by atoms with van der Waals surface area (Å²) in [6.07, 6.45) is 3.54. The molecule has 1 aromatic carbocycles. The Balaban J connectivity index is 1.51. The van der Waals surface area contributed by atoms with Crippen LogP contribution >= 0.6 is 0 Å². The number of nitrogens with zero attached hydrogens (tertiary/aromatic N) is 1. The third kappa shape index (κ3) is 2.80. The number of ether oxygens (including phenoxy) is 1. The number of nitrogens with two attached hydrogens (primary N) is 1. The molecule has 0 spiro atoms. The summed E-state index contributed by atoms with van der Waals surface area (Å²) in [6.45, 7) is 2.28. The molecule has 0 atom stereocenters. The zero-order valence-corrected chi connectivity index (χ0v) is 11.8. The smallest absolute Gasteiger partial charge is 0.410 e. The van der Waals surface area contributed by atoms with Gasteiger partial charge in [-0.2, -0.15) is 0 Å². The molecule has 20 heavy (non-hydrogen) atoms. The highest BCUT2D eigenvalue weighted by atomic mass is 16.6. The van der Waals surface area contributed by atoms with E-state index in [9.17, 15) is 4.79 Å². The highest BCUT2D eigenvalue weighted by molar-refractivity contribution is 5.68. The van der Waals surface area contributed by atoms with Crippen molar-refractivity contribution in [1.82, 2.24) is 4.90 Å². The molecule has 4 heteroatoms. The third-order valence-electron chi connectivity index (χ3n) is 4.49. The van der Waals surface area contributed by atoms with E-state index >= 15 is 0 Å². The van der Waals surface area contributed by atoms with Crippen molar-refractivity contribution in [2.45, 2.75) is 31.8 Å². The van der Waals surface area contributed by atoms with Gasteiger partial charge in [0.05, 0.1) is 0 Å². The van der Waals surface area contributed by atoms with Gasteiger partial charge in [0.1, 0.15) is 6.10 Å². The minimum Gasteiger partial charge on any atom is -0.445 e. The molecule has 4 nitrogen and oxygen atoms in total. The Morgan fingerprint density at radius 1 is 1.20 bits per heavy atom. The number of piperidine rings is 1. The lowest BCUT2D eigenvalue weighted by molar-refractivity contribution is 0.0569. The summed E-state index contributed by atoms with van der Waals surface area (Å²) in [4.78, 5) is 14.0. The van der Waals surface area contributed by atoms with Crippen molar-refractivity contribution in [3.8, 4) is 0 Å². The maximum Gasteiger partial charge on any atom is 0.410 e. The van der Waals surface area contributed by atoms with Gasteiger partial charge >= 0.3 is 6.09 Å². The number of benzene rings is 1. The largest absolute Gasteiger partial charge is 0.445 e. The Morgan fingerprint density at radius 3 is 2.35 bits per heavy atom. The fourth-order valence-corrected chi connectivity index (χ4v) is 3.17. The Bertz CT molecular complexity index is 456. The SMILES string of the molecule is NCC1CCN(C(=O)OC2Cc3ccccc3C2)CC1. The van der Waals surface area contributed by atoms with Gasteiger partial charge in [0.15, 0.2) is 0 Å². The van der Waals surface area contributed by atoms with Crippen LogP contribution in [0, 0.1) is 5.92 Å². The molecule has 2 aliphatic rings. The topological polar surface area (TPSA) is 55.6 Å². The molecule has 1 saturated heterocycles. The van der Waals surface area contributed by atoms with Crippen molar-refractivity contribution in [2.24, 2.45) is 11.7 Å². The fourth-order valence-electron chi connectivity index (χ4n) is 3.17. The maximum absolute atomic E-state index is 12.2. The van der Waals surface area contributed by atoms with Crippen LogP contribution in [-0.4, -0.2) is 36.7 Å². The molecule has 0 radical (unpaired) electrons. The van der Waals surface area contributed by atoms with Crippen LogP contribution in [0.15, 0.2) is 24.3 Å². The number of amides is 1. The van der Waals surface area contributed by atoms with Gasteiger partial charge in [0, 0.05) is 25.9 Å². The van der Waals surface area contributed by atoms with Crippen LogP contribution in [0.3, 0.4) is 0 Å². The van der Waals surface area contributed by atoms with Crippen molar-refractivity contribution in [3.05, 3.63) is 35.4 Å². The van der Waals surface area contributed by atoms with Crippen molar-refractivity contribution >= 4 is 6.09 Å². The highest BCUT2D eigenvalue weighted by Crippen LogP contribution is 2.25. The van der Waals surface area contributed by atoms with Crippen molar-refractivity contribution < 1.29 is 9.53 Å². The molecule has 0 unspecified atom stereocenters. The molecule has 2 N–H and O–H groups in total. The summed E-state index contributed by atoms with van der Waals surface area (Å²) in [6, 6.07) is 8.33. The molecule has 0 saturated carbocycles. The first-order valence-electron chi connectivity index (χ1n) is 7.48. The van der Waals surface area contributed by atoms with Gasteiger partial charge in [0.25, 0.3) is 0 Å². The normalized spacial score (nSPS) is 19.9. The highest BCUT2D eigenvalue weighted by Gasteiger charge is 2.28. The minimum absolute atomic E-state index is 0.00660. The summed E-state index contributed by atoms with van der Waals surface area (Å²) in [7, 11) is 0. The Hall–Kier alpha value is -1.55. The lowest BCUT2D eigenvalue weighted by Gasteiger charge is -2.31. The van der Waals surface area contributed by atoms with Crippen molar-refractivity contribution in [2.75, 3.05) is 19.6 Å². The van der Waals surface area contributed by atoms with E-state index in [1.54, 1.807) is 0 Å². The van der Waals surface area contributed by atoms with Gasteiger partial charge in [-0.05, 0) is 36.4 Å². The van der Waals surface area contributed by atoms with Crippen LogP contribution in [0.5, 0.6) is 0 Å². The predicted molar refractivity (Wildman–Crippen MR) is 77.5 cm³/mol. The van der Waals surface area contributed by atoms with Crippen molar-refractivity contribution in [1.29, 1.82) is 0 Å². The van der Waals surface area contributed by atoms with Crippen LogP contribution in [-0.2, 0) is 17.6 Å². The van der Waals surface area contributed by atoms with E-state index in [2.05, 4.69) is 12.1 Å². The summed E-state index contributed by atoms with van der Waals surface area (Å²) >= 11 is 0. The molecular formula is C16H22N2O2. The molecule has 1 heterocycles. The second-order valence-corrected chi connectivity index (χ2v) is 5.85. The lowest BCUT2D eigenvalue weighted by atomic mass is 9.97. The fraction of sp³-hybridized carbons (Fsp3) is 0.562. The molecular weight excluding hydrogens is 252 g/mol. The van der Waals surface area contributed by atoms with Gasteiger partial charge in [-0.3, -0.25) is 0 Å². The first kappa shape index (κ1) is 13.4. The lowest BCUT2D eigenvalue weighted by Crippen LogP contribution is -2.41. The predicted octanol–water partition coefficient (Wildman–Crippen LogP) is 1.96. The first-order chi connectivity index (χ1) is 9.76. The number of fused-ring (bicyclic) bond motifs is 1. The van der Waals surface area contributed by atoms with E-state index < -0.39 is 0 Å². The summed E-state index contributed by atoms with van der Waals surface area (Å²) in [5.41, 5.74) is 8.30. The standard InChI is InChI=1S/C16H22N2O2/c17-11-12-5-7-18(8-6-12)16(19)20-15-9-13-3-1-2-4-14(13)10-15/h1-4,12,15H,5-11,17H2. The maximum atomic E-state index is 12.2. The zero-order chi connectivity index (χ0) is 13.9. The molecule has 3 rings (SSSR count). The summed E-state index contributed by atoms with van der Waals surface area (Å²) in [5, 5.41) is 0. The van der Waals surface area contributed by atoms with Gasteiger partial charge in [-0.15, -0.1) is 0 Å². The average molecular weight is 274 g/mol. The average Bonchev–Trinajstić information content (AvgIpc) is 2.89. The zero-order valence-electron chi connectivity index (χ0n) is 11.8. The molecule has 1 aromatic rings. The number of likely N-dealkylation sites (tertiary alicyclic amines) is 1. The molecule has 108 valence electrons. The molecule has 1 aliphatic heterocycles. The number of hydrogen-bond donors (Lipinski definition) is 1. The monoisotopic (exact) mass is 274 g/mol. The molecule has 1 aliphatic carbocycles. The van der Waals surface area contributed by atoms with Gasteiger partial charge in [0.2, 0.25) is 0 Å². The summed E-state index contributed by atoms with van der Waals surface area (Å²) < 4.78 is 5.66. The van der Waals surface area contributed by atoms with Crippen molar-refractivity contribution in [3.63, 3.8) is 0 Å². The van der Waals surface area contributed by atoms with Gasteiger partial charge < -0.3 is 15.4 Å². The van der Waals surface area contributed by atoms with E-state index in [1.807, 2.05) is 17.0 Å². The number of rotatable bonds is 2. The van der Waals surface area contributed by atoms with Gasteiger partial charge in [-0.25, -0.2) is 4.79 Å².